The number of rotatable bonds is 7. The first-order valence-electron chi connectivity index (χ1n) is 13.6. The molecule has 0 bridgehead atoms. The standard InChI is InChI=1S/C32H29FN4O5/c33-25-12-6-11-23(16-25)26-18-37(35-34-26)28-29(39)27(19-38)42-32(30(28)40)36(17-20-7-2-1-3-8-20)31(41)24-14-13-21-9-4-5-10-22(21)15-24/h1-16,18,27-30,32,38-40H,17,19H2/t27?,28-,29-,30?,32+/m0/s1. The molecule has 0 saturated carbocycles. The number of ether oxygens (including phenoxy) is 1. The third kappa shape index (κ3) is 5.40. The van der Waals surface area contributed by atoms with Crippen LogP contribution in [0.2, 0.25) is 0 Å². The molecule has 1 amide bonds. The Balaban J connectivity index is 1.38. The zero-order valence-corrected chi connectivity index (χ0v) is 22.4. The number of carbonyl (C=O) groups excluding carboxylic acids is 1. The van der Waals surface area contributed by atoms with Gasteiger partial charge in [0.15, 0.2) is 6.23 Å². The molecule has 1 fully saturated rings. The highest BCUT2D eigenvalue weighted by Gasteiger charge is 2.49. The van der Waals surface area contributed by atoms with Crippen LogP contribution in [-0.2, 0) is 11.3 Å². The van der Waals surface area contributed by atoms with Gasteiger partial charge in [0.2, 0.25) is 0 Å². The van der Waals surface area contributed by atoms with Crippen molar-refractivity contribution in [3.8, 4) is 11.3 Å². The second-order valence-corrected chi connectivity index (χ2v) is 10.3. The van der Waals surface area contributed by atoms with Gasteiger partial charge in [0.05, 0.1) is 12.8 Å². The number of hydrogen-bond acceptors (Lipinski definition) is 7. The van der Waals surface area contributed by atoms with Gasteiger partial charge in [0.25, 0.3) is 5.91 Å². The van der Waals surface area contributed by atoms with Crippen molar-refractivity contribution in [1.82, 2.24) is 19.9 Å². The number of aromatic nitrogens is 3. The summed E-state index contributed by atoms with van der Waals surface area (Å²) in [6, 6.07) is 27.0. The lowest BCUT2D eigenvalue weighted by Crippen LogP contribution is -2.61. The van der Waals surface area contributed by atoms with E-state index in [0.717, 1.165) is 16.3 Å². The fourth-order valence-corrected chi connectivity index (χ4v) is 5.40. The molecule has 5 aromatic rings. The van der Waals surface area contributed by atoms with Crippen LogP contribution in [0.15, 0.2) is 103 Å². The summed E-state index contributed by atoms with van der Waals surface area (Å²) in [5.74, 6) is -0.850. The molecule has 2 heterocycles. The Hall–Kier alpha value is -4.48. The second kappa shape index (κ2) is 11.8. The van der Waals surface area contributed by atoms with Crippen LogP contribution in [0, 0.1) is 5.82 Å². The molecule has 1 aromatic heterocycles. The molecule has 3 N–H and O–H groups in total. The second-order valence-electron chi connectivity index (χ2n) is 10.3. The molecular formula is C32H29FN4O5. The van der Waals surface area contributed by atoms with Gasteiger partial charge in [-0.3, -0.25) is 4.79 Å². The summed E-state index contributed by atoms with van der Waals surface area (Å²) >= 11 is 0. The van der Waals surface area contributed by atoms with Crippen molar-refractivity contribution in [3.05, 3.63) is 120 Å². The fraction of sp³-hybridized carbons (Fsp3) is 0.219. The van der Waals surface area contributed by atoms with Gasteiger partial charge < -0.3 is 25.0 Å². The van der Waals surface area contributed by atoms with Gasteiger partial charge in [-0.05, 0) is 40.6 Å². The van der Waals surface area contributed by atoms with E-state index in [1.54, 1.807) is 24.3 Å². The Morgan fingerprint density at radius 3 is 2.43 bits per heavy atom. The van der Waals surface area contributed by atoms with Gasteiger partial charge in [-0.25, -0.2) is 9.07 Å². The van der Waals surface area contributed by atoms with E-state index in [9.17, 15) is 24.5 Å². The van der Waals surface area contributed by atoms with Gasteiger partial charge >= 0.3 is 0 Å². The zero-order valence-electron chi connectivity index (χ0n) is 22.4. The van der Waals surface area contributed by atoms with Crippen molar-refractivity contribution < 1.29 is 29.2 Å². The summed E-state index contributed by atoms with van der Waals surface area (Å²) < 4.78 is 21.1. The minimum absolute atomic E-state index is 0.0844. The zero-order chi connectivity index (χ0) is 29.2. The maximum Gasteiger partial charge on any atom is 0.256 e. The molecule has 1 aliphatic rings. The van der Waals surface area contributed by atoms with Gasteiger partial charge in [0.1, 0.15) is 35.9 Å². The summed E-state index contributed by atoms with van der Waals surface area (Å²) in [5, 5.41) is 43.0. The SMILES string of the molecule is O=C(c1ccc2ccccc2c1)N(Cc1ccccc1)[C@@H]1OC(CO)[C@H](O)[C@H](n2cc(-c3cccc(F)c3)nn2)C1O. The summed E-state index contributed by atoms with van der Waals surface area (Å²) in [5.41, 5.74) is 1.97. The Morgan fingerprint density at radius 1 is 0.905 bits per heavy atom. The average molecular weight is 569 g/mol. The normalized spacial score (nSPS) is 22.2. The number of aliphatic hydroxyl groups is 3. The van der Waals surface area contributed by atoms with Crippen LogP contribution >= 0.6 is 0 Å². The van der Waals surface area contributed by atoms with Crippen LogP contribution in [0.4, 0.5) is 4.39 Å². The minimum atomic E-state index is -1.47. The summed E-state index contributed by atoms with van der Waals surface area (Å²) in [6.07, 6.45) is -3.80. The summed E-state index contributed by atoms with van der Waals surface area (Å²) in [4.78, 5) is 15.5. The molecule has 5 atom stereocenters. The highest BCUT2D eigenvalue weighted by atomic mass is 19.1. The van der Waals surface area contributed by atoms with Crippen LogP contribution < -0.4 is 0 Å². The van der Waals surface area contributed by atoms with Crippen LogP contribution in [0.1, 0.15) is 22.0 Å². The molecule has 1 saturated heterocycles. The van der Waals surface area contributed by atoms with E-state index in [1.807, 2.05) is 60.7 Å². The fourth-order valence-electron chi connectivity index (χ4n) is 5.40. The van der Waals surface area contributed by atoms with E-state index < -0.39 is 48.9 Å². The van der Waals surface area contributed by atoms with Crippen LogP contribution in [0.25, 0.3) is 22.0 Å². The first-order chi connectivity index (χ1) is 20.4. The molecule has 0 spiro atoms. The number of nitrogens with zero attached hydrogens (tertiary/aromatic N) is 4. The summed E-state index contributed by atoms with van der Waals surface area (Å²) in [6.45, 7) is -0.489. The van der Waals surface area contributed by atoms with Gasteiger partial charge in [-0.1, -0.05) is 78.0 Å². The number of aliphatic hydroxyl groups excluding tert-OH is 3. The first-order valence-corrected chi connectivity index (χ1v) is 13.6. The molecule has 1 aliphatic heterocycles. The highest BCUT2D eigenvalue weighted by Crippen LogP contribution is 2.34. The molecule has 42 heavy (non-hydrogen) atoms. The largest absolute Gasteiger partial charge is 0.394 e. The average Bonchev–Trinajstić information content (AvgIpc) is 3.50. The van der Waals surface area contributed by atoms with E-state index in [1.165, 1.54) is 27.9 Å². The number of fused-ring (bicyclic) bond motifs is 1. The Morgan fingerprint density at radius 2 is 1.67 bits per heavy atom. The van der Waals surface area contributed by atoms with Crippen molar-refractivity contribution in [2.75, 3.05) is 6.61 Å². The molecule has 0 aliphatic carbocycles. The predicted molar refractivity (Wildman–Crippen MR) is 152 cm³/mol. The van der Waals surface area contributed by atoms with Crippen LogP contribution in [-0.4, -0.2) is 72.3 Å². The quantitative estimate of drug-likeness (QED) is 0.275. The Bertz CT molecular complexity index is 1700. The van der Waals surface area contributed by atoms with Crippen molar-refractivity contribution in [1.29, 1.82) is 0 Å². The first kappa shape index (κ1) is 27.7. The highest BCUT2D eigenvalue weighted by molar-refractivity contribution is 5.98. The smallest absolute Gasteiger partial charge is 0.256 e. The summed E-state index contributed by atoms with van der Waals surface area (Å²) in [7, 11) is 0. The minimum Gasteiger partial charge on any atom is -0.394 e. The Labute approximate surface area is 241 Å². The molecule has 9 nitrogen and oxygen atoms in total. The number of amides is 1. The van der Waals surface area contributed by atoms with Crippen LogP contribution in [0.3, 0.4) is 0 Å². The van der Waals surface area contributed by atoms with Gasteiger partial charge in [-0.2, -0.15) is 0 Å². The molecule has 4 aromatic carbocycles. The molecule has 214 valence electrons. The van der Waals surface area contributed by atoms with Crippen molar-refractivity contribution in [2.45, 2.75) is 37.1 Å². The van der Waals surface area contributed by atoms with Crippen molar-refractivity contribution in [2.24, 2.45) is 0 Å². The maximum atomic E-state index is 14.1. The van der Waals surface area contributed by atoms with Crippen LogP contribution in [0.5, 0.6) is 0 Å². The number of hydrogen-bond donors (Lipinski definition) is 3. The van der Waals surface area contributed by atoms with E-state index in [4.69, 9.17) is 4.74 Å². The van der Waals surface area contributed by atoms with E-state index in [-0.39, 0.29) is 6.54 Å². The van der Waals surface area contributed by atoms with E-state index in [0.29, 0.717) is 16.8 Å². The third-order valence-electron chi connectivity index (χ3n) is 7.56. The number of carbonyl (C=O) groups is 1. The molecule has 6 rings (SSSR count). The predicted octanol–water partition coefficient (Wildman–Crippen LogP) is 3.56. The molecule has 2 unspecified atom stereocenters. The van der Waals surface area contributed by atoms with Crippen molar-refractivity contribution in [3.63, 3.8) is 0 Å². The number of halogens is 1. The number of benzene rings is 4. The van der Waals surface area contributed by atoms with Crippen molar-refractivity contribution >= 4 is 16.7 Å². The lowest BCUT2D eigenvalue weighted by Gasteiger charge is -2.46. The molecule has 10 heteroatoms. The van der Waals surface area contributed by atoms with E-state index >= 15 is 0 Å². The third-order valence-corrected chi connectivity index (χ3v) is 7.56. The lowest BCUT2D eigenvalue weighted by atomic mass is 9.94. The van der Waals surface area contributed by atoms with Gasteiger partial charge in [0, 0.05) is 17.7 Å². The molecular weight excluding hydrogens is 539 g/mol. The van der Waals surface area contributed by atoms with E-state index in [2.05, 4.69) is 10.3 Å². The van der Waals surface area contributed by atoms with Gasteiger partial charge in [-0.15, -0.1) is 5.10 Å². The monoisotopic (exact) mass is 568 g/mol. The lowest BCUT2D eigenvalue weighted by molar-refractivity contribution is -0.239. The maximum absolute atomic E-state index is 14.1. The molecule has 0 radical (unpaired) electrons. The topological polar surface area (TPSA) is 121 Å². The Kier molecular flexibility index (Phi) is 7.77.